The number of rotatable bonds is 14. The van der Waals surface area contributed by atoms with E-state index in [1.54, 1.807) is 0 Å². The topological polar surface area (TPSA) is 106 Å². The molecule has 0 saturated carbocycles. The third-order valence-corrected chi connectivity index (χ3v) is 8.42. The molecule has 1 aliphatic rings. The number of nitrogens with zero attached hydrogens (tertiary/aromatic N) is 3. The summed E-state index contributed by atoms with van der Waals surface area (Å²) in [6.07, 6.45) is 2.36. The summed E-state index contributed by atoms with van der Waals surface area (Å²) in [7, 11) is -3.46. The second-order valence-corrected chi connectivity index (χ2v) is 9.58. The van der Waals surface area contributed by atoms with Crippen LogP contribution in [0.1, 0.15) is 46.2 Å². The number of hydrogen-bond donors (Lipinski definition) is 0. The molecule has 0 amide bonds. The van der Waals surface area contributed by atoms with E-state index < -0.39 is 31.5 Å². The van der Waals surface area contributed by atoms with Crippen molar-refractivity contribution in [2.75, 3.05) is 26.4 Å². The predicted molar refractivity (Wildman–Crippen MR) is 114 cm³/mol. The molecule has 0 bridgehead atoms. The number of allylic oxidation sites excluding steroid dienone is 1. The lowest BCUT2D eigenvalue weighted by Crippen LogP contribution is -2.62. The zero-order valence-corrected chi connectivity index (χ0v) is 19.3. The lowest BCUT2D eigenvalue weighted by atomic mass is 10.3. The van der Waals surface area contributed by atoms with Gasteiger partial charge in [-0.15, -0.1) is 6.58 Å². The van der Waals surface area contributed by atoms with Gasteiger partial charge in [0.25, 0.3) is 0 Å². The molecule has 2 heterocycles. The Morgan fingerprint density at radius 3 is 2.00 bits per heavy atom. The van der Waals surface area contributed by atoms with Gasteiger partial charge in [-0.1, -0.05) is 13.0 Å². The molecule has 1 aliphatic heterocycles. The van der Waals surface area contributed by atoms with Crippen LogP contribution in [0.4, 0.5) is 0 Å². The SMILES string of the molecule is C=CCn1c(=O)n(CCC2CO2)c(=O)n(C(CC)[Si](OCC)(OCC)OCC)c1=O. The fourth-order valence-corrected chi connectivity index (χ4v) is 6.58. The van der Waals surface area contributed by atoms with Crippen molar-refractivity contribution in [1.82, 2.24) is 13.7 Å². The normalized spacial score (nSPS) is 17.1. The molecule has 1 saturated heterocycles. The molecule has 30 heavy (non-hydrogen) atoms. The van der Waals surface area contributed by atoms with Gasteiger partial charge in [-0.25, -0.2) is 28.1 Å². The van der Waals surface area contributed by atoms with E-state index in [4.69, 9.17) is 18.0 Å². The standard InChI is InChI=1S/C19H33N3O7Si/c1-6-12-20-17(23)21(13-11-15-14-26-15)19(25)22(18(20)24)16(7-2)30(27-8-3,28-9-4)29-10-5/h6,15-16H,1,7-14H2,2-5H3. The average Bonchev–Trinajstić information content (AvgIpc) is 3.53. The Bertz CT molecular complexity index is 871. The van der Waals surface area contributed by atoms with E-state index in [2.05, 4.69) is 6.58 Å². The van der Waals surface area contributed by atoms with Gasteiger partial charge in [0.15, 0.2) is 0 Å². The summed E-state index contributed by atoms with van der Waals surface area (Å²) in [6.45, 7) is 12.5. The van der Waals surface area contributed by atoms with E-state index in [0.717, 1.165) is 13.7 Å². The second kappa shape index (κ2) is 11.0. The summed E-state index contributed by atoms with van der Waals surface area (Å²) in [5.74, 6) is 0. The average molecular weight is 444 g/mol. The third kappa shape index (κ3) is 5.09. The van der Waals surface area contributed by atoms with Crippen molar-refractivity contribution in [2.24, 2.45) is 0 Å². The minimum Gasteiger partial charge on any atom is -0.373 e. The van der Waals surface area contributed by atoms with E-state index in [9.17, 15) is 14.4 Å². The Kier molecular flexibility index (Phi) is 8.98. The van der Waals surface area contributed by atoms with Crippen LogP contribution in [0.2, 0.25) is 0 Å². The zero-order chi connectivity index (χ0) is 22.3. The lowest BCUT2D eigenvalue weighted by molar-refractivity contribution is 0.0507. The second-order valence-electron chi connectivity index (χ2n) is 6.84. The number of epoxide rings is 1. The van der Waals surface area contributed by atoms with E-state index in [0.29, 0.717) is 39.3 Å². The molecule has 10 nitrogen and oxygen atoms in total. The van der Waals surface area contributed by atoms with Crippen LogP contribution >= 0.6 is 0 Å². The summed E-state index contributed by atoms with van der Waals surface area (Å²) in [5.41, 5.74) is -2.83. The first-order valence-electron chi connectivity index (χ1n) is 10.5. The molecule has 1 aromatic rings. The van der Waals surface area contributed by atoms with E-state index in [1.807, 2.05) is 27.7 Å². The zero-order valence-electron chi connectivity index (χ0n) is 18.3. The predicted octanol–water partition coefficient (Wildman–Crippen LogP) is 0.685. The molecule has 0 aliphatic carbocycles. The maximum atomic E-state index is 13.4. The summed E-state index contributed by atoms with van der Waals surface area (Å²) < 4.78 is 26.3. The van der Waals surface area contributed by atoms with E-state index in [1.165, 1.54) is 6.08 Å². The van der Waals surface area contributed by atoms with Gasteiger partial charge in [-0.2, -0.15) is 0 Å². The summed E-state index contributed by atoms with van der Waals surface area (Å²) in [4.78, 5) is 39.5. The smallest absolute Gasteiger partial charge is 0.373 e. The number of aromatic nitrogens is 3. The quantitative estimate of drug-likeness (QED) is 0.236. The van der Waals surface area contributed by atoms with Gasteiger partial charge >= 0.3 is 25.9 Å². The van der Waals surface area contributed by atoms with Crippen LogP contribution in [0.3, 0.4) is 0 Å². The Morgan fingerprint density at radius 2 is 1.57 bits per heavy atom. The van der Waals surface area contributed by atoms with Crippen LogP contribution in [0, 0.1) is 0 Å². The summed E-state index contributed by atoms with van der Waals surface area (Å²) >= 11 is 0. The van der Waals surface area contributed by atoms with Gasteiger partial charge in [0.2, 0.25) is 0 Å². The molecule has 0 N–H and O–H groups in total. The molecular formula is C19H33N3O7Si. The lowest BCUT2D eigenvalue weighted by Gasteiger charge is -2.35. The fourth-order valence-electron chi connectivity index (χ4n) is 3.51. The highest BCUT2D eigenvalue weighted by Gasteiger charge is 2.51. The van der Waals surface area contributed by atoms with Gasteiger partial charge in [-0.3, -0.25) is 0 Å². The van der Waals surface area contributed by atoms with Crippen LogP contribution in [0.25, 0.3) is 0 Å². The monoisotopic (exact) mass is 443 g/mol. The Balaban J connectivity index is 2.73. The minimum atomic E-state index is -3.46. The van der Waals surface area contributed by atoms with Crippen LogP contribution in [-0.4, -0.2) is 55.0 Å². The Labute approximate surface area is 177 Å². The minimum absolute atomic E-state index is 0.0131. The highest BCUT2D eigenvalue weighted by atomic mass is 28.4. The van der Waals surface area contributed by atoms with E-state index in [-0.39, 0.29) is 19.2 Å². The Hall–Kier alpha value is -1.79. The van der Waals surface area contributed by atoms with Crippen LogP contribution < -0.4 is 17.1 Å². The molecular weight excluding hydrogens is 410 g/mol. The molecule has 2 rings (SSSR count). The van der Waals surface area contributed by atoms with Crippen molar-refractivity contribution in [3.05, 3.63) is 44.1 Å². The molecule has 1 fully saturated rings. The van der Waals surface area contributed by atoms with Crippen molar-refractivity contribution in [2.45, 2.75) is 65.4 Å². The third-order valence-electron chi connectivity index (χ3n) is 4.87. The summed E-state index contributed by atoms with van der Waals surface area (Å²) in [6, 6.07) is 0. The van der Waals surface area contributed by atoms with Crippen molar-refractivity contribution in [3.63, 3.8) is 0 Å². The maximum Gasteiger partial charge on any atom is 0.525 e. The van der Waals surface area contributed by atoms with Gasteiger partial charge in [-0.05, 0) is 33.6 Å². The molecule has 2 unspecified atom stereocenters. The summed E-state index contributed by atoms with van der Waals surface area (Å²) in [5, 5.41) is 0. The molecule has 0 aromatic carbocycles. The largest absolute Gasteiger partial charge is 0.525 e. The van der Waals surface area contributed by atoms with Crippen molar-refractivity contribution < 1.29 is 18.0 Å². The van der Waals surface area contributed by atoms with Gasteiger partial charge in [0.05, 0.1) is 19.3 Å². The maximum absolute atomic E-state index is 13.4. The first-order valence-corrected chi connectivity index (χ1v) is 12.3. The van der Waals surface area contributed by atoms with Gasteiger partial charge < -0.3 is 18.0 Å². The number of ether oxygens (including phenoxy) is 1. The van der Waals surface area contributed by atoms with E-state index >= 15 is 0 Å². The number of hydrogen-bond acceptors (Lipinski definition) is 7. The molecule has 0 radical (unpaired) electrons. The van der Waals surface area contributed by atoms with Crippen LogP contribution in [0.5, 0.6) is 0 Å². The van der Waals surface area contributed by atoms with Crippen molar-refractivity contribution >= 4 is 8.80 Å². The van der Waals surface area contributed by atoms with Gasteiger partial charge in [0, 0.05) is 26.4 Å². The highest BCUT2D eigenvalue weighted by molar-refractivity contribution is 6.61. The first-order chi connectivity index (χ1) is 14.4. The van der Waals surface area contributed by atoms with Crippen molar-refractivity contribution in [1.29, 1.82) is 0 Å². The Morgan fingerprint density at radius 1 is 1.03 bits per heavy atom. The molecule has 1 aromatic heterocycles. The molecule has 2 atom stereocenters. The van der Waals surface area contributed by atoms with Crippen molar-refractivity contribution in [3.8, 4) is 0 Å². The molecule has 0 spiro atoms. The first kappa shape index (κ1) is 24.5. The van der Waals surface area contributed by atoms with Crippen LogP contribution in [-0.2, 0) is 31.1 Å². The fraction of sp³-hybridized carbons (Fsp3) is 0.737. The molecule has 11 heteroatoms. The molecule has 170 valence electrons. The van der Waals surface area contributed by atoms with Gasteiger partial charge in [0.1, 0.15) is 5.67 Å². The van der Waals surface area contributed by atoms with Crippen LogP contribution in [0.15, 0.2) is 27.0 Å². The highest BCUT2D eigenvalue weighted by Crippen LogP contribution is 2.26.